The second kappa shape index (κ2) is 7.23. The van der Waals surface area contributed by atoms with E-state index in [9.17, 15) is 4.79 Å². The number of carbonyl (C=O) groups is 1. The predicted molar refractivity (Wildman–Crippen MR) is 86.6 cm³/mol. The molecule has 0 spiro atoms. The molecule has 110 valence electrons. The van der Waals surface area contributed by atoms with Crippen LogP contribution in [0.25, 0.3) is 0 Å². The van der Waals surface area contributed by atoms with Crippen LogP contribution in [0.15, 0.2) is 22.7 Å². The minimum absolute atomic E-state index is 0.157. The third-order valence-electron chi connectivity index (χ3n) is 4.23. The molecule has 0 unspecified atom stereocenters. The molecule has 0 aliphatic heterocycles. The van der Waals surface area contributed by atoms with Gasteiger partial charge in [-0.2, -0.15) is 0 Å². The monoisotopic (exact) mass is 338 g/mol. The molecule has 3 N–H and O–H groups in total. The number of nitrogens with two attached hydrogens (primary N) is 1. The number of aryl methyl sites for hydroxylation is 1. The number of amides is 1. The van der Waals surface area contributed by atoms with Crippen LogP contribution in [-0.2, 0) is 4.79 Å². The first-order valence-electron chi connectivity index (χ1n) is 7.37. The lowest BCUT2D eigenvalue weighted by atomic mass is 9.80. The molecule has 1 aliphatic carbocycles. The van der Waals surface area contributed by atoms with Crippen LogP contribution in [0.5, 0.6) is 0 Å². The lowest BCUT2D eigenvalue weighted by molar-refractivity contribution is -0.121. The highest BCUT2D eigenvalue weighted by atomic mass is 79.9. The molecule has 0 heterocycles. The maximum absolute atomic E-state index is 12.3. The van der Waals surface area contributed by atoms with Gasteiger partial charge in [0.1, 0.15) is 0 Å². The van der Waals surface area contributed by atoms with Crippen molar-refractivity contribution in [3.8, 4) is 0 Å². The highest BCUT2D eigenvalue weighted by Crippen LogP contribution is 2.31. The zero-order chi connectivity index (χ0) is 14.5. The molecule has 3 nitrogen and oxygen atoms in total. The van der Waals surface area contributed by atoms with E-state index in [1.807, 2.05) is 25.1 Å². The third-order valence-corrected chi connectivity index (χ3v) is 5.09. The summed E-state index contributed by atoms with van der Waals surface area (Å²) in [6.07, 6.45) is 5.34. The number of anilines is 1. The molecular weight excluding hydrogens is 316 g/mol. The number of hydrogen-bond acceptors (Lipinski definition) is 2. The summed E-state index contributed by atoms with van der Waals surface area (Å²) in [5.41, 5.74) is 7.64. The summed E-state index contributed by atoms with van der Waals surface area (Å²) in [5.74, 6) is 1.04. The molecule has 1 fully saturated rings. The highest BCUT2D eigenvalue weighted by molar-refractivity contribution is 9.10. The molecule has 0 bridgehead atoms. The van der Waals surface area contributed by atoms with Gasteiger partial charge in [0.05, 0.1) is 0 Å². The minimum atomic E-state index is 0.157. The summed E-state index contributed by atoms with van der Waals surface area (Å²) >= 11 is 3.49. The van der Waals surface area contributed by atoms with Gasteiger partial charge >= 0.3 is 0 Å². The SMILES string of the molecule is Cc1ccc(NC(=O)C2CCC(CCN)CC2)cc1Br. The van der Waals surface area contributed by atoms with E-state index in [2.05, 4.69) is 21.2 Å². The van der Waals surface area contributed by atoms with Gasteiger partial charge in [-0.25, -0.2) is 0 Å². The molecule has 1 aromatic carbocycles. The van der Waals surface area contributed by atoms with E-state index in [1.54, 1.807) is 0 Å². The number of hydrogen-bond donors (Lipinski definition) is 2. The standard InChI is InChI=1S/C16H23BrN2O/c1-11-2-7-14(10-15(11)17)19-16(20)13-5-3-12(4-6-13)8-9-18/h2,7,10,12-13H,3-6,8-9,18H2,1H3,(H,19,20). The predicted octanol–water partition coefficient (Wildman–Crippen LogP) is 3.85. The normalized spacial score (nSPS) is 22.6. The largest absolute Gasteiger partial charge is 0.330 e. The van der Waals surface area contributed by atoms with Gasteiger partial charge in [-0.1, -0.05) is 22.0 Å². The first kappa shape index (κ1) is 15.5. The number of carbonyl (C=O) groups excluding carboxylic acids is 1. The molecular formula is C16H23BrN2O. The van der Waals surface area contributed by atoms with Crippen LogP contribution in [0.3, 0.4) is 0 Å². The van der Waals surface area contributed by atoms with E-state index in [0.29, 0.717) is 0 Å². The van der Waals surface area contributed by atoms with Crippen molar-refractivity contribution >= 4 is 27.5 Å². The molecule has 1 amide bonds. The minimum Gasteiger partial charge on any atom is -0.330 e. The van der Waals surface area contributed by atoms with E-state index in [-0.39, 0.29) is 11.8 Å². The summed E-state index contributed by atoms with van der Waals surface area (Å²) in [6.45, 7) is 2.80. The Labute approximate surface area is 129 Å². The number of nitrogens with one attached hydrogen (secondary N) is 1. The van der Waals surface area contributed by atoms with Gasteiger partial charge in [0.25, 0.3) is 0 Å². The smallest absolute Gasteiger partial charge is 0.227 e. The van der Waals surface area contributed by atoms with Crippen LogP contribution in [0.1, 0.15) is 37.7 Å². The summed E-state index contributed by atoms with van der Waals surface area (Å²) in [4.78, 5) is 12.3. The van der Waals surface area contributed by atoms with E-state index in [1.165, 1.54) is 5.56 Å². The fourth-order valence-electron chi connectivity index (χ4n) is 2.86. The van der Waals surface area contributed by atoms with Gasteiger partial charge in [0, 0.05) is 16.1 Å². The van der Waals surface area contributed by atoms with Gasteiger partial charge in [0.2, 0.25) is 5.91 Å². The van der Waals surface area contributed by atoms with E-state index < -0.39 is 0 Å². The van der Waals surface area contributed by atoms with Gasteiger partial charge in [-0.05, 0) is 69.2 Å². The molecule has 1 aliphatic rings. The van der Waals surface area contributed by atoms with Crippen LogP contribution in [0, 0.1) is 18.8 Å². The quantitative estimate of drug-likeness (QED) is 0.875. The average Bonchev–Trinajstić information content (AvgIpc) is 2.44. The lowest BCUT2D eigenvalue weighted by Crippen LogP contribution is -2.27. The highest BCUT2D eigenvalue weighted by Gasteiger charge is 2.25. The Morgan fingerprint density at radius 3 is 2.65 bits per heavy atom. The summed E-state index contributed by atoms with van der Waals surface area (Å²) in [7, 11) is 0. The van der Waals surface area contributed by atoms with Crippen molar-refractivity contribution in [1.82, 2.24) is 0 Å². The summed E-state index contributed by atoms with van der Waals surface area (Å²) in [5, 5.41) is 3.03. The Bertz CT molecular complexity index is 468. The van der Waals surface area contributed by atoms with Crippen molar-refractivity contribution in [1.29, 1.82) is 0 Å². The van der Waals surface area contributed by atoms with Crippen LogP contribution in [-0.4, -0.2) is 12.5 Å². The van der Waals surface area contributed by atoms with Crippen molar-refractivity contribution in [3.63, 3.8) is 0 Å². The lowest BCUT2D eigenvalue weighted by Gasteiger charge is -2.27. The van der Waals surface area contributed by atoms with Crippen LogP contribution in [0.4, 0.5) is 5.69 Å². The Kier molecular flexibility index (Phi) is 5.61. The zero-order valence-electron chi connectivity index (χ0n) is 12.0. The number of rotatable bonds is 4. The molecule has 20 heavy (non-hydrogen) atoms. The molecule has 0 radical (unpaired) electrons. The number of halogens is 1. The van der Waals surface area contributed by atoms with E-state index in [4.69, 9.17) is 5.73 Å². The molecule has 4 heteroatoms. The van der Waals surface area contributed by atoms with Crippen LogP contribution in [0.2, 0.25) is 0 Å². The topological polar surface area (TPSA) is 55.1 Å². The Balaban J connectivity index is 1.88. The molecule has 0 atom stereocenters. The molecule has 1 saturated carbocycles. The third kappa shape index (κ3) is 4.06. The summed E-state index contributed by atoms with van der Waals surface area (Å²) in [6, 6.07) is 5.93. The van der Waals surface area contributed by atoms with Crippen molar-refractivity contribution in [2.45, 2.75) is 39.0 Å². The molecule has 1 aromatic rings. The van der Waals surface area contributed by atoms with Gasteiger partial charge in [0.15, 0.2) is 0 Å². The molecule has 2 rings (SSSR count). The van der Waals surface area contributed by atoms with Crippen LogP contribution >= 0.6 is 15.9 Å². The Morgan fingerprint density at radius 1 is 1.35 bits per heavy atom. The van der Waals surface area contributed by atoms with Crippen molar-refractivity contribution in [2.24, 2.45) is 17.6 Å². The maximum atomic E-state index is 12.3. The van der Waals surface area contributed by atoms with Gasteiger partial charge < -0.3 is 11.1 Å². The fraction of sp³-hybridized carbons (Fsp3) is 0.562. The first-order valence-corrected chi connectivity index (χ1v) is 8.16. The first-order chi connectivity index (χ1) is 9.60. The zero-order valence-corrected chi connectivity index (χ0v) is 13.6. The van der Waals surface area contributed by atoms with Crippen molar-refractivity contribution in [3.05, 3.63) is 28.2 Å². The van der Waals surface area contributed by atoms with Crippen LogP contribution < -0.4 is 11.1 Å². The van der Waals surface area contributed by atoms with Crippen molar-refractivity contribution < 1.29 is 4.79 Å². The second-order valence-electron chi connectivity index (χ2n) is 5.75. The molecule has 0 saturated heterocycles. The number of benzene rings is 1. The fourth-order valence-corrected chi connectivity index (χ4v) is 3.24. The second-order valence-corrected chi connectivity index (χ2v) is 6.60. The average molecular weight is 339 g/mol. The van der Waals surface area contributed by atoms with Gasteiger partial charge in [-0.3, -0.25) is 4.79 Å². The van der Waals surface area contributed by atoms with Gasteiger partial charge in [-0.15, -0.1) is 0 Å². The Morgan fingerprint density at radius 2 is 2.05 bits per heavy atom. The molecule has 0 aromatic heterocycles. The van der Waals surface area contributed by atoms with E-state index >= 15 is 0 Å². The van der Waals surface area contributed by atoms with E-state index in [0.717, 1.165) is 54.7 Å². The van der Waals surface area contributed by atoms with Crippen molar-refractivity contribution in [2.75, 3.05) is 11.9 Å². The maximum Gasteiger partial charge on any atom is 0.227 e. The Hall–Kier alpha value is -0.870. The summed E-state index contributed by atoms with van der Waals surface area (Å²) < 4.78 is 1.03.